The van der Waals surface area contributed by atoms with Crippen molar-refractivity contribution >= 4 is 33.8 Å². The summed E-state index contributed by atoms with van der Waals surface area (Å²) < 4.78 is 0. The Hall–Kier alpha value is -2.11. The molecule has 0 aliphatic rings. The van der Waals surface area contributed by atoms with Crippen LogP contribution >= 0.6 is 11.3 Å². The fourth-order valence-electron chi connectivity index (χ4n) is 2.20. The summed E-state index contributed by atoms with van der Waals surface area (Å²) in [5, 5.41) is 7.74. The second-order valence-corrected chi connectivity index (χ2v) is 5.45. The van der Waals surface area contributed by atoms with Crippen LogP contribution in [0.5, 0.6) is 0 Å². The molecule has 1 aromatic carbocycles. The number of carbonyl (C=O) groups is 1. The first-order valence-electron chi connectivity index (χ1n) is 6.37. The number of thiophene rings is 1. The van der Waals surface area contributed by atoms with Crippen LogP contribution in [0.1, 0.15) is 5.56 Å². The van der Waals surface area contributed by atoms with Gasteiger partial charge in [0, 0.05) is 22.5 Å². The van der Waals surface area contributed by atoms with Crippen LogP contribution in [0.3, 0.4) is 0 Å². The molecular formula is C15H15N3OS. The minimum Gasteiger partial charge on any atom is -0.361 e. The summed E-state index contributed by atoms with van der Waals surface area (Å²) in [5.41, 5.74) is 8.92. The predicted molar refractivity (Wildman–Crippen MR) is 82.9 cm³/mol. The minimum absolute atomic E-state index is 0.159. The number of benzene rings is 1. The normalized spacial score (nSPS) is 12.4. The van der Waals surface area contributed by atoms with E-state index in [0.29, 0.717) is 6.42 Å². The van der Waals surface area contributed by atoms with Crippen LogP contribution < -0.4 is 11.1 Å². The minimum atomic E-state index is -0.561. The topological polar surface area (TPSA) is 70.9 Å². The Balaban J connectivity index is 1.72. The highest BCUT2D eigenvalue weighted by Crippen LogP contribution is 2.19. The number of nitrogens with two attached hydrogens (primary N) is 1. The lowest BCUT2D eigenvalue weighted by Crippen LogP contribution is -2.37. The van der Waals surface area contributed by atoms with Crippen molar-refractivity contribution in [2.24, 2.45) is 5.73 Å². The molecule has 20 heavy (non-hydrogen) atoms. The van der Waals surface area contributed by atoms with Gasteiger partial charge in [0.05, 0.1) is 11.7 Å². The van der Waals surface area contributed by atoms with Gasteiger partial charge in [-0.25, -0.2) is 0 Å². The van der Waals surface area contributed by atoms with E-state index in [1.807, 2.05) is 47.3 Å². The summed E-state index contributed by atoms with van der Waals surface area (Å²) >= 11 is 1.54. The molecule has 3 aromatic rings. The van der Waals surface area contributed by atoms with Crippen LogP contribution in [-0.2, 0) is 11.2 Å². The second-order valence-electron chi connectivity index (χ2n) is 4.67. The van der Waals surface area contributed by atoms with Gasteiger partial charge < -0.3 is 16.0 Å². The predicted octanol–water partition coefficient (Wildman–Crippen LogP) is 2.74. The van der Waals surface area contributed by atoms with Crippen molar-refractivity contribution in [3.05, 3.63) is 52.9 Å². The van der Waals surface area contributed by atoms with Crippen molar-refractivity contribution < 1.29 is 4.79 Å². The summed E-state index contributed by atoms with van der Waals surface area (Å²) in [7, 11) is 0. The standard InChI is InChI=1S/C15H15N3OS/c16-13(15(19)18-11-5-6-20-9-11)7-10-8-17-14-4-2-1-3-12(10)14/h1-6,8-9,13,17H,7,16H2,(H,18,19)/t13-/m1/s1. The molecule has 3 rings (SSSR count). The number of rotatable bonds is 4. The van der Waals surface area contributed by atoms with Crippen LogP contribution in [0.2, 0.25) is 0 Å². The van der Waals surface area contributed by atoms with E-state index >= 15 is 0 Å². The van der Waals surface area contributed by atoms with Gasteiger partial charge in [-0.15, -0.1) is 0 Å². The first kappa shape index (κ1) is 12.9. The Kier molecular flexibility index (Phi) is 3.54. The Morgan fingerprint density at radius 3 is 3.00 bits per heavy atom. The highest BCUT2D eigenvalue weighted by atomic mass is 32.1. The van der Waals surface area contributed by atoms with Crippen LogP contribution in [0.15, 0.2) is 47.3 Å². The molecule has 2 heterocycles. The fourth-order valence-corrected chi connectivity index (χ4v) is 2.79. The zero-order valence-electron chi connectivity index (χ0n) is 10.8. The summed E-state index contributed by atoms with van der Waals surface area (Å²) in [4.78, 5) is 15.2. The van der Waals surface area contributed by atoms with Crippen LogP contribution in [0, 0.1) is 0 Å². The maximum Gasteiger partial charge on any atom is 0.241 e. The maximum absolute atomic E-state index is 12.0. The molecule has 5 heteroatoms. The fraction of sp³-hybridized carbons (Fsp3) is 0.133. The number of H-pyrrole nitrogens is 1. The Morgan fingerprint density at radius 2 is 2.20 bits per heavy atom. The molecule has 0 bridgehead atoms. The number of hydrogen-bond donors (Lipinski definition) is 3. The first-order chi connectivity index (χ1) is 9.74. The summed E-state index contributed by atoms with van der Waals surface area (Å²) in [5.74, 6) is -0.159. The monoisotopic (exact) mass is 285 g/mol. The van der Waals surface area contributed by atoms with Crippen molar-refractivity contribution in [2.45, 2.75) is 12.5 Å². The quantitative estimate of drug-likeness (QED) is 0.689. The van der Waals surface area contributed by atoms with E-state index in [-0.39, 0.29) is 5.91 Å². The Morgan fingerprint density at radius 1 is 1.35 bits per heavy atom. The molecule has 102 valence electrons. The molecule has 0 aliphatic carbocycles. The summed E-state index contributed by atoms with van der Waals surface area (Å²) in [6.45, 7) is 0. The number of nitrogens with one attached hydrogen (secondary N) is 2. The average Bonchev–Trinajstić information content (AvgIpc) is 3.09. The van der Waals surface area contributed by atoms with Crippen LogP contribution in [0.25, 0.3) is 10.9 Å². The van der Waals surface area contributed by atoms with Gasteiger partial charge in [-0.2, -0.15) is 11.3 Å². The number of aromatic nitrogens is 1. The van der Waals surface area contributed by atoms with E-state index in [4.69, 9.17) is 5.73 Å². The number of para-hydroxylation sites is 1. The van der Waals surface area contributed by atoms with Gasteiger partial charge in [0.2, 0.25) is 5.91 Å². The highest BCUT2D eigenvalue weighted by molar-refractivity contribution is 7.08. The molecule has 2 aromatic heterocycles. The van der Waals surface area contributed by atoms with Crippen molar-refractivity contribution in [1.29, 1.82) is 0 Å². The molecule has 0 spiro atoms. The highest BCUT2D eigenvalue weighted by Gasteiger charge is 2.16. The molecule has 0 fully saturated rings. The zero-order chi connectivity index (χ0) is 13.9. The number of aromatic amines is 1. The summed E-state index contributed by atoms with van der Waals surface area (Å²) in [6.07, 6.45) is 2.43. The average molecular weight is 285 g/mol. The molecule has 0 unspecified atom stereocenters. The van der Waals surface area contributed by atoms with E-state index in [1.54, 1.807) is 0 Å². The van der Waals surface area contributed by atoms with Gasteiger partial charge in [0.15, 0.2) is 0 Å². The largest absolute Gasteiger partial charge is 0.361 e. The van der Waals surface area contributed by atoms with Gasteiger partial charge >= 0.3 is 0 Å². The SMILES string of the molecule is N[C@H](Cc1c[nH]c2ccccc12)C(=O)Nc1ccsc1. The third kappa shape index (κ3) is 2.59. The van der Waals surface area contributed by atoms with Gasteiger partial charge in [-0.1, -0.05) is 18.2 Å². The van der Waals surface area contributed by atoms with Gasteiger partial charge in [0.25, 0.3) is 0 Å². The molecule has 0 saturated carbocycles. The lowest BCUT2D eigenvalue weighted by atomic mass is 10.1. The molecular weight excluding hydrogens is 270 g/mol. The summed E-state index contributed by atoms with van der Waals surface area (Å²) in [6, 6.07) is 9.30. The van der Waals surface area contributed by atoms with E-state index < -0.39 is 6.04 Å². The number of fused-ring (bicyclic) bond motifs is 1. The molecule has 4 N–H and O–H groups in total. The van der Waals surface area contributed by atoms with Gasteiger partial charge in [-0.3, -0.25) is 4.79 Å². The molecule has 1 atom stereocenters. The van der Waals surface area contributed by atoms with Crippen molar-refractivity contribution in [3.63, 3.8) is 0 Å². The molecule has 0 radical (unpaired) electrons. The third-order valence-electron chi connectivity index (χ3n) is 3.24. The zero-order valence-corrected chi connectivity index (χ0v) is 11.6. The van der Waals surface area contributed by atoms with E-state index in [9.17, 15) is 4.79 Å². The molecule has 0 saturated heterocycles. The van der Waals surface area contributed by atoms with Crippen LogP contribution in [-0.4, -0.2) is 16.9 Å². The van der Waals surface area contributed by atoms with Crippen molar-refractivity contribution in [3.8, 4) is 0 Å². The number of anilines is 1. The Bertz CT molecular complexity index is 718. The molecule has 4 nitrogen and oxygen atoms in total. The number of hydrogen-bond acceptors (Lipinski definition) is 3. The van der Waals surface area contributed by atoms with E-state index in [2.05, 4.69) is 10.3 Å². The molecule has 0 aliphatic heterocycles. The molecule has 1 amide bonds. The van der Waals surface area contributed by atoms with Crippen molar-refractivity contribution in [1.82, 2.24) is 4.98 Å². The van der Waals surface area contributed by atoms with E-state index in [0.717, 1.165) is 22.2 Å². The number of carbonyl (C=O) groups excluding carboxylic acids is 1. The third-order valence-corrected chi connectivity index (χ3v) is 3.92. The van der Waals surface area contributed by atoms with Crippen LogP contribution in [0.4, 0.5) is 5.69 Å². The van der Waals surface area contributed by atoms with Gasteiger partial charge in [-0.05, 0) is 29.5 Å². The first-order valence-corrected chi connectivity index (χ1v) is 7.32. The van der Waals surface area contributed by atoms with E-state index in [1.165, 1.54) is 11.3 Å². The Labute approximate surface area is 120 Å². The van der Waals surface area contributed by atoms with Crippen molar-refractivity contribution in [2.75, 3.05) is 5.32 Å². The van der Waals surface area contributed by atoms with Gasteiger partial charge in [0.1, 0.15) is 0 Å². The maximum atomic E-state index is 12.0. The second kappa shape index (κ2) is 5.48. The lowest BCUT2D eigenvalue weighted by Gasteiger charge is -2.10. The smallest absolute Gasteiger partial charge is 0.241 e. The lowest BCUT2D eigenvalue weighted by molar-refractivity contribution is -0.117. The number of amides is 1.